The molecule has 0 unspecified atom stereocenters. The first-order chi connectivity index (χ1) is 8.45. The largest absolute Gasteiger partial charge is 0.477 e. The van der Waals surface area contributed by atoms with Gasteiger partial charge in [-0.1, -0.05) is 12.2 Å². The standard InChI is InChI=1S/C13H18N2O3/c1-4-14(8-10(2)3)12(16)9-15-7-5-6-11(15)13(17)18/h5-7H,2,4,8-9H2,1,3H3,(H,17,18). The van der Waals surface area contributed by atoms with Crippen molar-refractivity contribution in [3.05, 3.63) is 36.2 Å². The number of carbonyl (C=O) groups is 2. The molecule has 0 bridgehead atoms. The van der Waals surface area contributed by atoms with Gasteiger partial charge in [-0.05, 0) is 26.0 Å². The van der Waals surface area contributed by atoms with E-state index in [0.29, 0.717) is 13.1 Å². The van der Waals surface area contributed by atoms with Crippen LogP contribution in [-0.2, 0) is 11.3 Å². The maximum absolute atomic E-state index is 12.0. The SMILES string of the molecule is C=C(C)CN(CC)C(=O)Cn1cccc1C(=O)O. The number of rotatable bonds is 6. The zero-order valence-corrected chi connectivity index (χ0v) is 10.7. The van der Waals surface area contributed by atoms with Crippen LogP contribution in [0.1, 0.15) is 24.3 Å². The van der Waals surface area contributed by atoms with Gasteiger partial charge < -0.3 is 14.6 Å². The van der Waals surface area contributed by atoms with Gasteiger partial charge in [-0.15, -0.1) is 0 Å². The average molecular weight is 250 g/mol. The van der Waals surface area contributed by atoms with Crippen LogP contribution in [0.3, 0.4) is 0 Å². The minimum atomic E-state index is -1.03. The van der Waals surface area contributed by atoms with Crippen molar-refractivity contribution in [2.75, 3.05) is 13.1 Å². The van der Waals surface area contributed by atoms with Crippen molar-refractivity contribution in [3.8, 4) is 0 Å². The third-order valence-electron chi connectivity index (χ3n) is 2.55. The first-order valence-electron chi connectivity index (χ1n) is 5.76. The maximum Gasteiger partial charge on any atom is 0.352 e. The van der Waals surface area contributed by atoms with Crippen LogP contribution in [0.2, 0.25) is 0 Å². The van der Waals surface area contributed by atoms with E-state index < -0.39 is 5.97 Å². The lowest BCUT2D eigenvalue weighted by Crippen LogP contribution is -2.35. The number of hydrogen-bond donors (Lipinski definition) is 1. The highest BCUT2D eigenvalue weighted by atomic mass is 16.4. The maximum atomic E-state index is 12.0. The molecule has 1 rings (SSSR count). The second kappa shape index (κ2) is 6.05. The normalized spacial score (nSPS) is 10.1. The third-order valence-corrected chi connectivity index (χ3v) is 2.55. The van der Waals surface area contributed by atoms with E-state index in [9.17, 15) is 9.59 Å². The summed E-state index contributed by atoms with van der Waals surface area (Å²) in [6, 6.07) is 3.09. The van der Waals surface area contributed by atoms with E-state index in [2.05, 4.69) is 6.58 Å². The average Bonchev–Trinajstić information content (AvgIpc) is 2.73. The molecule has 98 valence electrons. The fourth-order valence-electron chi connectivity index (χ4n) is 1.69. The first kappa shape index (κ1) is 14.0. The molecule has 0 radical (unpaired) electrons. The number of likely N-dealkylation sites (N-methyl/N-ethyl adjacent to an activating group) is 1. The molecule has 0 saturated carbocycles. The minimum Gasteiger partial charge on any atom is -0.477 e. The molecular formula is C13H18N2O3. The molecule has 5 heteroatoms. The van der Waals surface area contributed by atoms with Crippen LogP contribution in [0.4, 0.5) is 0 Å². The zero-order valence-electron chi connectivity index (χ0n) is 10.7. The Hall–Kier alpha value is -2.04. The predicted octanol–water partition coefficient (Wildman–Crippen LogP) is 1.61. The van der Waals surface area contributed by atoms with Crippen LogP contribution < -0.4 is 0 Å². The van der Waals surface area contributed by atoms with Gasteiger partial charge in [-0.25, -0.2) is 4.79 Å². The lowest BCUT2D eigenvalue weighted by atomic mass is 10.3. The Morgan fingerprint density at radius 2 is 2.17 bits per heavy atom. The number of carboxylic acid groups (broad SMARTS) is 1. The quantitative estimate of drug-likeness (QED) is 0.780. The fourth-order valence-corrected chi connectivity index (χ4v) is 1.69. The molecule has 0 atom stereocenters. The van der Waals surface area contributed by atoms with E-state index in [1.54, 1.807) is 17.2 Å². The van der Waals surface area contributed by atoms with E-state index in [4.69, 9.17) is 5.11 Å². The van der Waals surface area contributed by atoms with Crippen molar-refractivity contribution >= 4 is 11.9 Å². The van der Waals surface area contributed by atoms with Crippen molar-refractivity contribution in [3.63, 3.8) is 0 Å². The summed E-state index contributed by atoms with van der Waals surface area (Å²) in [6.07, 6.45) is 1.59. The summed E-state index contributed by atoms with van der Waals surface area (Å²) >= 11 is 0. The number of nitrogens with zero attached hydrogens (tertiary/aromatic N) is 2. The highest BCUT2D eigenvalue weighted by Crippen LogP contribution is 2.05. The molecule has 1 heterocycles. The van der Waals surface area contributed by atoms with Crippen LogP contribution >= 0.6 is 0 Å². The lowest BCUT2D eigenvalue weighted by molar-refractivity contribution is -0.131. The second-order valence-corrected chi connectivity index (χ2v) is 4.19. The summed E-state index contributed by atoms with van der Waals surface area (Å²) in [7, 11) is 0. The van der Waals surface area contributed by atoms with Crippen molar-refractivity contribution in [1.82, 2.24) is 9.47 Å². The molecule has 0 aliphatic heterocycles. The number of aromatic carboxylic acids is 1. The van der Waals surface area contributed by atoms with Crippen molar-refractivity contribution in [2.45, 2.75) is 20.4 Å². The van der Waals surface area contributed by atoms with Gasteiger partial charge in [0.05, 0.1) is 0 Å². The molecule has 0 aliphatic carbocycles. The van der Waals surface area contributed by atoms with Gasteiger partial charge in [-0.3, -0.25) is 4.79 Å². The number of aromatic nitrogens is 1. The Kier molecular flexibility index (Phi) is 4.71. The molecule has 5 nitrogen and oxygen atoms in total. The summed E-state index contributed by atoms with van der Waals surface area (Å²) in [5.74, 6) is -1.14. The van der Waals surface area contributed by atoms with E-state index in [-0.39, 0.29) is 18.1 Å². The summed E-state index contributed by atoms with van der Waals surface area (Å²) < 4.78 is 1.44. The Labute approximate surface area is 106 Å². The second-order valence-electron chi connectivity index (χ2n) is 4.19. The third kappa shape index (κ3) is 3.48. The van der Waals surface area contributed by atoms with Crippen LogP contribution in [0.25, 0.3) is 0 Å². The van der Waals surface area contributed by atoms with E-state index in [1.807, 2.05) is 13.8 Å². The summed E-state index contributed by atoms with van der Waals surface area (Å²) in [6.45, 7) is 8.63. The fraction of sp³-hybridized carbons (Fsp3) is 0.385. The van der Waals surface area contributed by atoms with E-state index in [1.165, 1.54) is 10.6 Å². The lowest BCUT2D eigenvalue weighted by Gasteiger charge is -2.21. The summed E-state index contributed by atoms with van der Waals surface area (Å²) in [5, 5.41) is 8.95. The Morgan fingerprint density at radius 3 is 2.67 bits per heavy atom. The molecule has 1 amide bonds. The van der Waals surface area contributed by atoms with Gasteiger partial charge >= 0.3 is 5.97 Å². The van der Waals surface area contributed by atoms with Gasteiger partial charge in [0.25, 0.3) is 0 Å². The zero-order chi connectivity index (χ0) is 13.7. The Morgan fingerprint density at radius 1 is 1.50 bits per heavy atom. The number of hydrogen-bond acceptors (Lipinski definition) is 2. The van der Waals surface area contributed by atoms with Gasteiger partial charge in [-0.2, -0.15) is 0 Å². The van der Waals surface area contributed by atoms with Crippen molar-refractivity contribution < 1.29 is 14.7 Å². The van der Waals surface area contributed by atoms with Gasteiger partial charge in [0.1, 0.15) is 12.2 Å². The molecule has 0 fully saturated rings. The minimum absolute atomic E-state index is 0.0375. The molecule has 0 aliphatic rings. The van der Waals surface area contributed by atoms with Gasteiger partial charge in [0, 0.05) is 19.3 Å². The van der Waals surface area contributed by atoms with E-state index in [0.717, 1.165) is 5.57 Å². The molecule has 1 aromatic rings. The number of carbonyl (C=O) groups excluding carboxylic acids is 1. The predicted molar refractivity (Wildman–Crippen MR) is 68.5 cm³/mol. The highest BCUT2D eigenvalue weighted by molar-refractivity contribution is 5.86. The van der Waals surface area contributed by atoms with Gasteiger partial charge in [0.2, 0.25) is 5.91 Å². The van der Waals surface area contributed by atoms with Crippen LogP contribution in [0.5, 0.6) is 0 Å². The van der Waals surface area contributed by atoms with Crippen LogP contribution in [0, 0.1) is 0 Å². The molecular weight excluding hydrogens is 232 g/mol. The monoisotopic (exact) mass is 250 g/mol. The smallest absolute Gasteiger partial charge is 0.352 e. The van der Waals surface area contributed by atoms with E-state index >= 15 is 0 Å². The molecule has 0 aromatic carbocycles. The summed E-state index contributed by atoms with van der Waals surface area (Å²) in [4.78, 5) is 24.6. The van der Waals surface area contributed by atoms with Crippen molar-refractivity contribution in [2.24, 2.45) is 0 Å². The summed E-state index contributed by atoms with van der Waals surface area (Å²) in [5.41, 5.74) is 1.02. The first-order valence-corrected chi connectivity index (χ1v) is 5.76. The van der Waals surface area contributed by atoms with Crippen molar-refractivity contribution in [1.29, 1.82) is 0 Å². The Balaban J connectivity index is 2.76. The van der Waals surface area contributed by atoms with Crippen LogP contribution in [-0.4, -0.2) is 39.5 Å². The molecule has 18 heavy (non-hydrogen) atoms. The van der Waals surface area contributed by atoms with Gasteiger partial charge in [0.15, 0.2) is 0 Å². The topological polar surface area (TPSA) is 62.5 Å². The Bertz CT molecular complexity index is 463. The highest BCUT2D eigenvalue weighted by Gasteiger charge is 2.15. The number of carboxylic acids is 1. The molecule has 0 spiro atoms. The van der Waals surface area contributed by atoms with Crippen LogP contribution in [0.15, 0.2) is 30.5 Å². The molecule has 1 N–H and O–H groups in total. The molecule has 0 saturated heterocycles. The molecule has 1 aromatic heterocycles. The number of amides is 1.